The standard InChI is InChI=1S/C23H34N4O3S.HI/c1-5-24-23(25-15-19-8-6-17(2)31-19)26-16-20(27-10-12-30-13-11-27)18-7-9-21(28-3)22(14-18)29-4;/h6-9,14,20H,5,10-13,15-16H2,1-4H3,(H2,24,25,26);1H. The van der Waals surface area contributed by atoms with Crippen molar-refractivity contribution in [1.82, 2.24) is 15.5 Å². The van der Waals surface area contributed by atoms with Crippen molar-refractivity contribution >= 4 is 41.3 Å². The number of aliphatic imine (C=N–C) groups is 1. The average molecular weight is 575 g/mol. The molecule has 0 saturated carbocycles. The topological polar surface area (TPSA) is 67.4 Å². The Morgan fingerprint density at radius 1 is 1.12 bits per heavy atom. The molecule has 0 spiro atoms. The molecule has 1 aromatic carbocycles. The van der Waals surface area contributed by atoms with Crippen LogP contribution in [0.2, 0.25) is 0 Å². The fourth-order valence-electron chi connectivity index (χ4n) is 3.67. The largest absolute Gasteiger partial charge is 0.493 e. The number of nitrogens with one attached hydrogen (secondary N) is 2. The zero-order valence-electron chi connectivity index (χ0n) is 19.3. The minimum Gasteiger partial charge on any atom is -0.493 e. The van der Waals surface area contributed by atoms with Gasteiger partial charge >= 0.3 is 0 Å². The molecule has 1 saturated heterocycles. The first kappa shape index (κ1) is 26.7. The molecule has 0 radical (unpaired) electrons. The van der Waals surface area contributed by atoms with E-state index in [-0.39, 0.29) is 30.0 Å². The highest BCUT2D eigenvalue weighted by atomic mass is 127. The molecule has 7 nitrogen and oxygen atoms in total. The summed E-state index contributed by atoms with van der Waals surface area (Å²) in [6.07, 6.45) is 0. The van der Waals surface area contributed by atoms with Crippen LogP contribution in [0.3, 0.4) is 0 Å². The lowest BCUT2D eigenvalue weighted by Gasteiger charge is -2.35. The van der Waals surface area contributed by atoms with Gasteiger partial charge in [-0.3, -0.25) is 4.90 Å². The maximum absolute atomic E-state index is 5.58. The summed E-state index contributed by atoms with van der Waals surface area (Å²) in [6.45, 7) is 9.69. The van der Waals surface area contributed by atoms with Gasteiger partial charge in [-0.1, -0.05) is 6.07 Å². The molecule has 1 unspecified atom stereocenters. The van der Waals surface area contributed by atoms with Crippen LogP contribution in [-0.4, -0.2) is 64.5 Å². The predicted molar refractivity (Wildman–Crippen MR) is 142 cm³/mol. The van der Waals surface area contributed by atoms with Gasteiger partial charge < -0.3 is 24.8 Å². The van der Waals surface area contributed by atoms with E-state index in [1.807, 2.05) is 6.07 Å². The second-order valence-corrected chi connectivity index (χ2v) is 8.74. The monoisotopic (exact) mass is 574 g/mol. The SMILES string of the molecule is CCNC(=NCc1ccc(C)s1)NCC(c1ccc(OC)c(OC)c1)N1CCOCC1.I. The van der Waals surface area contributed by atoms with Crippen molar-refractivity contribution < 1.29 is 14.2 Å². The van der Waals surface area contributed by atoms with E-state index in [9.17, 15) is 0 Å². The molecule has 1 aliphatic heterocycles. The molecule has 2 aromatic rings. The number of morpholine rings is 1. The van der Waals surface area contributed by atoms with Gasteiger partial charge in [0, 0.05) is 35.9 Å². The van der Waals surface area contributed by atoms with E-state index in [0.29, 0.717) is 6.54 Å². The first-order valence-electron chi connectivity index (χ1n) is 10.8. The van der Waals surface area contributed by atoms with Crippen molar-refractivity contribution in [1.29, 1.82) is 0 Å². The van der Waals surface area contributed by atoms with Gasteiger partial charge in [0.05, 0.1) is 40.0 Å². The zero-order chi connectivity index (χ0) is 22.1. The quantitative estimate of drug-likeness (QED) is 0.270. The van der Waals surface area contributed by atoms with Crippen molar-refractivity contribution in [2.45, 2.75) is 26.4 Å². The second kappa shape index (κ2) is 13.9. The van der Waals surface area contributed by atoms with Crippen molar-refractivity contribution in [2.24, 2.45) is 4.99 Å². The lowest BCUT2D eigenvalue weighted by atomic mass is 10.0. The van der Waals surface area contributed by atoms with Crippen LogP contribution in [0.15, 0.2) is 35.3 Å². The highest BCUT2D eigenvalue weighted by molar-refractivity contribution is 14.0. The smallest absolute Gasteiger partial charge is 0.191 e. The maximum Gasteiger partial charge on any atom is 0.191 e. The number of halogens is 1. The van der Waals surface area contributed by atoms with E-state index in [1.165, 1.54) is 15.3 Å². The van der Waals surface area contributed by atoms with Crippen LogP contribution >= 0.6 is 35.3 Å². The third-order valence-corrected chi connectivity index (χ3v) is 6.26. The van der Waals surface area contributed by atoms with Crippen LogP contribution < -0.4 is 20.1 Å². The molecule has 178 valence electrons. The van der Waals surface area contributed by atoms with Crippen LogP contribution in [0.5, 0.6) is 11.5 Å². The summed E-state index contributed by atoms with van der Waals surface area (Å²) in [5.41, 5.74) is 1.18. The zero-order valence-corrected chi connectivity index (χ0v) is 22.5. The summed E-state index contributed by atoms with van der Waals surface area (Å²) in [6, 6.07) is 10.6. The van der Waals surface area contributed by atoms with Crippen molar-refractivity contribution in [2.75, 3.05) is 53.6 Å². The van der Waals surface area contributed by atoms with E-state index in [1.54, 1.807) is 25.6 Å². The van der Waals surface area contributed by atoms with Gasteiger partial charge in [-0.15, -0.1) is 35.3 Å². The Morgan fingerprint density at radius 2 is 1.88 bits per heavy atom. The number of nitrogens with zero attached hydrogens (tertiary/aromatic N) is 2. The van der Waals surface area contributed by atoms with E-state index >= 15 is 0 Å². The molecule has 0 aliphatic carbocycles. The number of hydrogen-bond donors (Lipinski definition) is 2. The number of benzene rings is 1. The number of methoxy groups -OCH3 is 2. The summed E-state index contributed by atoms with van der Waals surface area (Å²) in [5.74, 6) is 2.31. The first-order valence-corrected chi connectivity index (χ1v) is 11.6. The van der Waals surface area contributed by atoms with Gasteiger partial charge in [-0.2, -0.15) is 0 Å². The fraction of sp³-hybridized carbons (Fsp3) is 0.522. The third-order valence-electron chi connectivity index (χ3n) is 5.27. The molecule has 0 bridgehead atoms. The number of aryl methyl sites for hydroxylation is 1. The number of guanidine groups is 1. The summed E-state index contributed by atoms with van der Waals surface area (Å²) in [7, 11) is 3.33. The molecular formula is C23H35IN4O3S. The van der Waals surface area contributed by atoms with E-state index in [0.717, 1.165) is 56.9 Å². The molecule has 2 N–H and O–H groups in total. The lowest BCUT2D eigenvalue weighted by Crippen LogP contribution is -2.46. The molecule has 3 rings (SSSR count). The van der Waals surface area contributed by atoms with Gasteiger partial charge in [-0.25, -0.2) is 4.99 Å². The highest BCUT2D eigenvalue weighted by Crippen LogP contribution is 2.32. The number of rotatable bonds is 9. The Hall–Kier alpha value is -1.56. The molecule has 1 fully saturated rings. The van der Waals surface area contributed by atoms with Crippen molar-refractivity contribution in [3.05, 3.63) is 45.6 Å². The van der Waals surface area contributed by atoms with E-state index in [4.69, 9.17) is 19.2 Å². The Morgan fingerprint density at radius 3 is 2.50 bits per heavy atom. The average Bonchev–Trinajstić information content (AvgIpc) is 3.23. The van der Waals surface area contributed by atoms with Crippen LogP contribution in [0, 0.1) is 6.92 Å². The van der Waals surface area contributed by atoms with Crippen LogP contribution in [0.1, 0.15) is 28.3 Å². The summed E-state index contributed by atoms with van der Waals surface area (Å²) in [5, 5.41) is 6.91. The predicted octanol–water partition coefficient (Wildman–Crippen LogP) is 3.82. The van der Waals surface area contributed by atoms with E-state index in [2.05, 4.69) is 53.6 Å². The number of thiophene rings is 1. The van der Waals surface area contributed by atoms with Gasteiger partial charge in [0.15, 0.2) is 17.5 Å². The van der Waals surface area contributed by atoms with Gasteiger partial charge in [-0.05, 0) is 43.7 Å². The lowest BCUT2D eigenvalue weighted by molar-refractivity contribution is 0.0169. The molecule has 9 heteroatoms. The summed E-state index contributed by atoms with van der Waals surface area (Å²) < 4.78 is 16.5. The molecule has 1 aromatic heterocycles. The van der Waals surface area contributed by atoms with Gasteiger partial charge in [0.25, 0.3) is 0 Å². The molecule has 1 aliphatic rings. The molecule has 1 atom stereocenters. The molecule has 0 amide bonds. The van der Waals surface area contributed by atoms with Crippen LogP contribution in [-0.2, 0) is 11.3 Å². The van der Waals surface area contributed by atoms with E-state index < -0.39 is 0 Å². The van der Waals surface area contributed by atoms with Gasteiger partial charge in [0.1, 0.15) is 0 Å². The second-order valence-electron chi connectivity index (χ2n) is 7.37. The Bertz CT molecular complexity index is 856. The van der Waals surface area contributed by atoms with Crippen molar-refractivity contribution in [3.63, 3.8) is 0 Å². The summed E-state index contributed by atoms with van der Waals surface area (Å²) >= 11 is 1.79. The Labute approximate surface area is 212 Å². The first-order chi connectivity index (χ1) is 15.1. The Kier molecular flexibility index (Phi) is 11.6. The third kappa shape index (κ3) is 7.50. The fourth-order valence-corrected chi connectivity index (χ4v) is 4.48. The highest BCUT2D eigenvalue weighted by Gasteiger charge is 2.24. The molecular weight excluding hydrogens is 539 g/mol. The summed E-state index contributed by atoms with van der Waals surface area (Å²) in [4.78, 5) is 9.81. The number of ether oxygens (including phenoxy) is 3. The van der Waals surface area contributed by atoms with Gasteiger partial charge in [0.2, 0.25) is 0 Å². The number of hydrogen-bond acceptors (Lipinski definition) is 6. The molecule has 32 heavy (non-hydrogen) atoms. The minimum absolute atomic E-state index is 0. The minimum atomic E-state index is 0. The normalized spacial score (nSPS) is 15.6. The van der Waals surface area contributed by atoms with Crippen LogP contribution in [0.4, 0.5) is 0 Å². The van der Waals surface area contributed by atoms with Crippen molar-refractivity contribution in [3.8, 4) is 11.5 Å². The maximum atomic E-state index is 5.58. The van der Waals surface area contributed by atoms with Crippen LogP contribution in [0.25, 0.3) is 0 Å². The molecule has 2 heterocycles. The Balaban J connectivity index is 0.00000363.